The molecule has 108 valence electrons. The van der Waals surface area contributed by atoms with Crippen LogP contribution in [0.25, 0.3) is 0 Å². The van der Waals surface area contributed by atoms with Gasteiger partial charge in [0.15, 0.2) is 0 Å². The minimum atomic E-state index is -0.518. The molecule has 1 unspecified atom stereocenters. The maximum Gasteiger partial charge on any atom is 0.325 e. The highest BCUT2D eigenvalue weighted by Gasteiger charge is 2.32. The Bertz CT molecular complexity index is 224. The van der Waals surface area contributed by atoms with E-state index in [4.69, 9.17) is 4.74 Å². The standard InChI is InChI=1S/C14H29NO2S/c1-5-7-11-18-12-8-9-14(3,13(16)17-4)15-10-6-2/h15H,5-12H2,1-4H3. The van der Waals surface area contributed by atoms with Gasteiger partial charge in [-0.15, -0.1) is 0 Å². The Morgan fingerprint density at radius 1 is 1.22 bits per heavy atom. The van der Waals surface area contributed by atoms with Gasteiger partial charge in [0.05, 0.1) is 7.11 Å². The number of rotatable bonds is 11. The van der Waals surface area contributed by atoms with Crippen LogP contribution in [0.15, 0.2) is 0 Å². The van der Waals surface area contributed by atoms with Gasteiger partial charge < -0.3 is 10.1 Å². The van der Waals surface area contributed by atoms with E-state index in [0.29, 0.717) is 0 Å². The zero-order valence-corrected chi connectivity index (χ0v) is 13.2. The van der Waals surface area contributed by atoms with E-state index in [1.807, 2.05) is 18.7 Å². The molecule has 0 amide bonds. The minimum Gasteiger partial charge on any atom is -0.468 e. The van der Waals surface area contributed by atoms with Crippen molar-refractivity contribution in [1.29, 1.82) is 0 Å². The number of carbonyl (C=O) groups excluding carboxylic acids is 1. The third-order valence-electron chi connectivity index (χ3n) is 3.01. The van der Waals surface area contributed by atoms with Gasteiger partial charge >= 0.3 is 5.97 Å². The normalized spacial score (nSPS) is 14.2. The van der Waals surface area contributed by atoms with E-state index in [-0.39, 0.29) is 5.97 Å². The molecule has 0 radical (unpaired) electrons. The third-order valence-corrected chi connectivity index (χ3v) is 4.16. The van der Waals surface area contributed by atoms with Gasteiger partial charge in [-0.2, -0.15) is 11.8 Å². The lowest BCUT2D eigenvalue weighted by Crippen LogP contribution is -2.50. The molecule has 0 aromatic carbocycles. The largest absolute Gasteiger partial charge is 0.468 e. The predicted octanol–water partition coefficient (Wildman–Crippen LogP) is 3.23. The second kappa shape index (κ2) is 10.7. The van der Waals surface area contributed by atoms with Crippen LogP contribution in [0.5, 0.6) is 0 Å². The van der Waals surface area contributed by atoms with Gasteiger partial charge in [0, 0.05) is 0 Å². The highest BCUT2D eigenvalue weighted by molar-refractivity contribution is 7.99. The molecule has 0 saturated heterocycles. The summed E-state index contributed by atoms with van der Waals surface area (Å²) in [6.07, 6.45) is 5.46. The average Bonchev–Trinajstić information content (AvgIpc) is 2.39. The van der Waals surface area contributed by atoms with E-state index in [1.54, 1.807) is 0 Å². The monoisotopic (exact) mass is 275 g/mol. The van der Waals surface area contributed by atoms with Gasteiger partial charge in [-0.3, -0.25) is 4.79 Å². The van der Waals surface area contributed by atoms with Crippen LogP contribution in [0, 0.1) is 0 Å². The number of methoxy groups -OCH3 is 1. The Morgan fingerprint density at radius 2 is 1.89 bits per heavy atom. The highest BCUT2D eigenvalue weighted by Crippen LogP contribution is 2.17. The zero-order valence-electron chi connectivity index (χ0n) is 12.4. The van der Waals surface area contributed by atoms with Crippen molar-refractivity contribution in [1.82, 2.24) is 5.32 Å². The summed E-state index contributed by atoms with van der Waals surface area (Å²) in [6, 6.07) is 0. The van der Waals surface area contributed by atoms with Crippen LogP contribution in [0.1, 0.15) is 52.9 Å². The molecule has 0 saturated carbocycles. The fourth-order valence-electron chi connectivity index (χ4n) is 1.77. The molecule has 0 aliphatic carbocycles. The second-order valence-electron chi connectivity index (χ2n) is 4.82. The minimum absolute atomic E-state index is 0.144. The number of carbonyl (C=O) groups is 1. The molecule has 0 aromatic rings. The van der Waals surface area contributed by atoms with Crippen molar-refractivity contribution in [3.63, 3.8) is 0 Å². The first-order chi connectivity index (χ1) is 8.60. The van der Waals surface area contributed by atoms with E-state index < -0.39 is 5.54 Å². The molecule has 4 heteroatoms. The molecule has 18 heavy (non-hydrogen) atoms. The molecule has 0 heterocycles. The number of hydrogen-bond donors (Lipinski definition) is 1. The van der Waals surface area contributed by atoms with Crippen molar-refractivity contribution in [3.8, 4) is 0 Å². The lowest BCUT2D eigenvalue weighted by atomic mass is 9.96. The first-order valence-electron chi connectivity index (χ1n) is 7.02. The number of esters is 1. The molecule has 0 aromatic heterocycles. The van der Waals surface area contributed by atoms with Crippen LogP contribution in [0.4, 0.5) is 0 Å². The lowest BCUT2D eigenvalue weighted by Gasteiger charge is -2.28. The topological polar surface area (TPSA) is 38.3 Å². The van der Waals surface area contributed by atoms with Gasteiger partial charge in [0.1, 0.15) is 5.54 Å². The number of nitrogens with one attached hydrogen (secondary N) is 1. The molecule has 0 rings (SSSR count). The lowest BCUT2D eigenvalue weighted by molar-refractivity contribution is -0.148. The SMILES string of the molecule is CCCCSCCCC(C)(NCCC)C(=O)OC. The van der Waals surface area contributed by atoms with Crippen LogP contribution in [0.2, 0.25) is 0 Å². The van der Waals surface area contributed by atoms with Crippen LogP contribution in [0.3, 0.4) is 0 Å². The Labute approximate surface area is 116 Å². The summed E-state index contributed by atoms with van der Waals surface area (Å²) in [4.78, 5) is 11.8. The maximum absolute atomic E-state index is 11.8. The summed E-state index contributed by atoms with van der Waals surface area (Å²) in [5, 5.41) is 3.31. The molecule has 1 N–H and O–H groups in total. The third kappa shape index (κ3) is 7.27. The summed E-state index contributed by atoms with van der Waals surface area (Å²) in [7, 11) is 1.46. The van der Waals surface area contributed by atoms with E-state index in [9.17, 15) is 4.79 Å². The molecule has 0 spiro atoms. The molecule has 1 atom stereocenters. The highest BCUT2D eigenvalue weighted by atomic mass is 32.2. The summed E-state index contributed by atoms with van der Waals surface area (Å²) >= 11 is 1.98. The van der Waals surface area contributed by atoms with Crippen molar-refractivity contribution >= 4 is 17.7 Å². The molecular formula is C14H29NO2S. The van der Waals surface area contributed by atoms with Gasteiger partial charge in [0.2, 0.25) is 0 Å². The van der Waals surface area contributed by atoms with Gasteiger partial charge in [-0.25, -0.2) is 0 Å². The number of unbranched alkanes of at least 4 members (excludes halogenated alkanes) is 1. The Balaban J connectivity index is 3.97. The van der Waals surface area contributed by atoms with Crippen LogP contribution in [-0.2, 0) is 9.53 Å². The molecule has 3 nitrogen and oxygen atoms in total. The van der Waals surface area contributed by atoms with Gasteiger partial charge in [-0.1, -0.05) is 20.3 Å². The van der Waals surface area contributed by atoms with Crippen molar-refractivity contribution in [3.05, 3.63) is 0 Å². The molecule has 0 aliphatic heterocycles. The van der Waals surface area contributed by atoms with Crippen LogP contribution < -0.4 is 5.32 Å². The number of thioether (sulfide) groups is 1. The zero-order chi connectivity index (χ0) is 13.9. The first-order valence-corrected chi connectivity index (χ1v) is 8.17. The van der Waals surface area contributed by atoms with Crippen LogP contribution >= 0.6 is 11.8 Å². The summed E-state index contributed by atoms with van der Waals surface area (Å²) in [5.41, 5.74) is -0.518. The maximum atomic E-state index is 11.8. The van der Waals surface area contributed by atoms with Crippen LogP contribution in [-0.4, -0.2) is 36.7 Å². The smallest absolute Gasteiger partial charge is 0.325 e. The Morgan fingerprint density at radius 3 is 2.44 bits per heavy atom. The average molecular weight is 275 g/mol. The number of hydrogen-bond acceptors (Lipinski definition) is 4. The van der Waals surface area contributed by atoms with E-state index >= 15 is 0 Å². The van der Waals surface area contributed by atoms with Gasteiger partial charge in [-0.05, 0) is 50.7 Å². The molecule has 0 bridgehead atoms. The van der Waals surface area contributed by atoms with Gasteiger partial charge in [0.25, 0.3) is 0 Å². The van der Waals surface area contributed by atoms with Crippen molar-refractivity contribution in [2.24, 2.45) is 0 Å². The fraction of sp³-hybridized carbons (Fsp3) is 0.929. The molecular weight excluding hydrogens is 246 g/mol. The van der Waals surface area contributed by atoms with Crippen molar-refractivity contribution < 1.29 is 9.53 Å². The van der Waals surface area contributed by atoms with Crippen molar-refractivity contribution in [2.75, 3.05) is 25.2 Å². The molecule has 0 fully saturated rings. The Hall–Kier alpha value is -0.220. The summed E-state index contributed by atoms with van der Waals surface area (Å²) in [5.74, 6) is 2.21. The van der Waals surface area contributed by atoms with E-state index in [0.717, 1.165) is 31.6 Å². The second-order valence-corrected chi connectivity index (χ2v) is 6.04. The van der Waals surface area contributed by atoms with E-state index in [2.05, 4.69) is 19.2 Å². The van der Waals surface area contributed by atoms with Crippen molar-refractivity contribution in [2.45, 2.75) is 58.4 Å². The quantitative estimate of drug-likeness (QED) is 0.464. The predicted molar refractivity (Wildman–Crippen MR) is 80.2 cm³/mol. The first kappa shape index (κ1) is 17.8. The summed E-state index contributed by atoms with van der Waals surface area (Å²) < 4.78 is 4.90. The number of ether oxygens (including phenoxy) is 1. The fourth-order valence-corrected chi connectivity index (χ4v) is 2.81. The molecule has 0 aliphatic rings. The van der Waals surface area contributed by atoms with E-state index in [1.165, 1.54) is 25.7 Å². The Kier molecular flexibility index (Phi) is 10.5. The summed E-state index contributed by atoms with van der Waals surface area (Å²) in [6.45, 7) is 7.12.